The Labute approximate surface area is 133 Å². The van der Waals surface area contributed by atoms with Gasteiger partial charge in [-0.1, -0.05) is 12.1 Å². The largest absolute Gasteiger partial charge is 0.465 e. The fourth-order valence-corrected chi connectivity index (χ4v) is 2.83. The molecule has 0 fully saturated rings. The molecule has 0 aliphatic rings. The van der Waals surface area contributed by atoms with Gasteiger partial charge < -0.3 is 9.64 Å². The molecule has 0 bridgehead atoms. The molecule has 1 amide bonds. The van der Waals surface area contributed by atoms with Crippen LogP contribution in [0.3, 0.4) is 0 Å². The van der Waals surface area contributed by atoms with Gasteiger partial charge in [-0.05, 0) is 26.0 Å². The van der Waals surface area contributed by atoms with Crippen molar-refractivity contribution in [2.75, 3.05) is 18.6 Å². The zero-order valence-electron chi connectivity index (χ0n) is 12.8. The summed E-state index contributed by atoms with van der Waals surface area (Å²) in [5.41, 5.74) is 1.70. The predicted molar refractivity (Wildman–Crippen MR) is 86.4 cm³/mol. The van der Waals surface area contributed by atoms with Crippen molar-refractivity contribution in [2.45, 2.75) is 20.3 Å². The Hall–Kier alpha value is -2.21. The fourth-order valence-electron chi connectivity index (χ4n) is 2.21. The van der Waals surface area contributed by atoms with E-state index in [2.05, 4.69) is 4.98 Å². The summed E-state index contributed by atoms with van der Waals surface area (Å²) in [5, 5.41) is 2.81. The molecule has 5 nitrogen and oxygen atoms in total. The van der Waals surface area contributed by atoms with Gasteiger partial charge in [0.15, 0.2) is 0 Å². The molecule has 0 spiro atoms. The molecule has 2 rings (SSSR count). The highest BCUT2D eigenvalue weighted by atomic mass is 32.1. The van der Waals surface area contributed by atoms with Gasteiger partial charge in [0.25, 0.3) is 0 Å². The number of hydrogen-bond donors (Lipinski definition) is 0. The quantitative estimate of drug-likeness (QED) is 0.795. The molecule has 0 aliphatic carbocycles. The number of esters is 1. The van der Waals surface area contributed by atoms with Gasteiger partial charge in [-0.2, -0.15) is 0 Å². The van der Waals surface area contributed by atoms with Crippen LogP contribution in [0.4, 0.5) is 5.69 Å². The number of likely N-dealkylation sites (N-methyl/N-ethyl adjacent to an activating group) is 1. The Balaban J connectivity index is 2.28. The highest BCUT2D eigenvalue weighted by Crippen LogP contribution is 2.22. The van der Waals surface area contributed by atoms with Crippen LogP contribution in [0, 0.1) is 6.92 Å². The second kappa shape index (κ2) is 7.17. The maximum Gasteiger partial charge on any atom is 0.339 e. The highest BCUT2D eigenvalue weighted by molar-refractivity contribution is 7.09. The van der Waals surface area contributed by atoms with Gasteiger partial charge in [0.1, 0.15) is 0 Å². The molecule has 0 atom stereocenters. The third kappa shape index (κ3) is 3.51. The molecule has 0 saturated heterocycles. The van der Waals surface area contributed by atoms with Crippen LogP contribution < -0.4 is 4.90 Å². The lowest BCUT2D eigenvalue weighted by Gasteiger charge is -2.22. The van der Waals surface area contributed by atoms with Crippen molar-refractivity contribution in [1.82, 2.24) is 4.98 Å². The summed E-state index contributed by atoms with van der Waals surface area (Å²) in [7, 11) is 1.33. The van der Waals surface area contributed by atoms with Gasteiger partial charge in [0.2, 0.25) is 5.91 Å². The third-order valence-electron chi connectivity index (χ3n) is 3.22. The standard InChI is InChI=1S/C16H18N2O3S/c1-4-18(15(19)9-12-10-22-11(2)17-12)14-8-6-5-7-13(14)16(20)21-3/h5-8,10H,4,9H2,1-3H3. The van der Waals surface area contributed by atoms with Crippen LogP contribution in [0.5, 0.6) is 0 Å². The predicted octanol–water partition coefficient (Wildman–Crippen LogP) is 2.83. The Bertz CT molecular complexity index is 682. The second-order valence-electron chi connectivity index (χ2n) is 4.68. The number of hydrogen-bond acceptors (Lipinski definition) is 5. The lowest BCUT2D eigenvalue weighted by molar-refractivity contribution is -0.118. The lowest BCUT2D eigenvalue weighted by atomic mass is 10.1. The third-order valence-corrected chi connectivity index (χ3v) is 4.04. The van der Waals surface area contributed by atoms with Crippen molar-refractivity contribution in [3.05, 3.63) is 45.9 Å². The van der Waals surface area contributed by atoms with Crippen molar-refractivity contribution in [3.8, 4) is 0 Å². The number of anilines is 1. The normalized spacial score (nSPS) is 10.3. The molecule has 0 aliphatic heterocycles. The average Bonchev–Trinajstić information content (AvgIpc) is 2.92. The van der Waals surface area contributed by atoms with E-state index in [4.69, 9.17) is 4.74 Å². The van der Waals surface area contributed by atoms with Gasteiger partial charge in [-0.15, -0.1) is 11.3 Å². The van der Waals surface area contributed by atoms with Gasteiger partial charge in [0.05, 0.1) is 35.5 Å². The summed E-state index contributed by atoms with van der Waals surface area (Å²) in [5.74, 6) is -0.546. The summed E-state index contributed by atoms with van der Waals surface area (Å²) >= 11 is 1.52. The number of nitrogens with zero attached hydrogens (tertiary/aromatic N) is 2. The van der Waals surface area contributed by atoms with Crippen LogP contribution in [-0.2, 0) is 16.0 Å². The summed E-state index contributed by atoms with van der Waals surface area (Å²) in [6.45, 7) is 4.25. The number of ether oxygens (including phenoxy) is 1. The molecule has 1 heterocycles. The Morgan fingerprint density at radius 1 is 1.32 bits per heavy atom. The fraction of sp³-hybridized carbons (Fsp3) is 0.312. The minimum atomic E-state index is -0.452. The van der Waals surface area contributed by atoms with Crippen molar-refractivity contribution >= 4 is 28.9 Å². The smallest absolute Gasteiger partial charge is 0.339 e. The number of aromatic nitrogens is 1. The zero-order valence-corrected chi connectivity index (χ0v) is 13.6. The van der Waals surface area contributed by atoms with Crippen LogP contribution in [0.25, 0.3) is 0 Å². The molecule has 6 heteroatoms. The molecular weight excluding hydrogens is 300 g/mol. The Morgan fingerprint density at radius 3 is 2.64 bits per heavy atom. The molecule has 0 saturated carbocycles. The molecule has 1 aromatic heterocycles. The topological polar surface area (TPSA) is 59.5 Å². The highest BCUT2D eigenvalue weighted by Gasteiger charge is 2.21. The second-order valence-corrected chi connectivity index (χ2v) is 5.74. The van der Waals surface area contributed by atoms with Crippen LogP contribution in [0.2, 0.25) is 0 Å². The number of amides is 1. The van der Waals surface area contributed by atoms with Crippen molar-refractivity contribution in [2.24, 2.45) is 0 Å². The van der Waals surface area contributed by atoms with Gasteiger partial charge in [-0.25, -0.2) is 9.78 Å². The van der Waals surface area contributed by atoms with Crippen LogP contribution in [-0.4, -0.2) is 30.5 Å². The number of para-hydroxylation sites is 1. The summed E-state index contributed by atoms with van der Waals surface area (Å²) in [6, 6.07) is 6.95. The first-order chi connectivity index (χ1) is 10.6. The summed E-state index contributed by atoms with van der Waals surface area (Å²) < 4.78 is 4.79. The van der Waals surface area contributed by atoms with Crippen LogP contribution in [0.1, 0.15) is 28.0 Å². The maximum atomic E-state index is 12.6. The SMILES string of the molecule is CCN(C(=O)Cc1csc(C)n1)c1ccccc1C(=O)OC. The zero-order chi connectivity index (χ0) is 16.1. The van der Waals surface area contributed by atoms with Crippen LogP contribution in [0.15, 0.2) is 29.6 Å². The molecule has 116 valence electrons. The van der Waals surface area contributed by atoms with E-state index in [1.54, 1.807) is 29.2 Å². The lowest BCUT2D eigenvalue weighted by Crippen LogP contribution is -2.33. The first kappa shape index (κ1) is 16.2. The molecule has 0 N–H and O–H groups in total. The van der Waals surface area contributed by atoms with E-state index in [9.17, 15) is 9.59 Å². The van der Waals surface area contributed by atoms with Gasteiger partial charge in [0, 0.05) is 11.9 Å². The Morgan fingerprint density at radius 2 is 2.05 bits per heavy atom. The number of carbonyl (C=O) groups is 2. The molecule has 22 heavy (non-hydrogen) atoms. The Kier molecular flexibility index (Phi) is 5.27. The monoisotopic (exact) mass is 318 g/mol. The maximum absolute atomic E-state index is 12.6. The number of carbonyl (C=O) groups excluding carboxylic acids is 2. The average molecular weight is 318 g/mol. The number of methoxy groups -OCH3 is 1. The number of rotatable bonds is 5. The van der Waals surface area contributed by atoms with Crippen molar-refractivity contribution < 1.29 is 14.3 Å². The van der Waals surface area contributed by atoms with Crippen molar-refractivity contribution in [3.63, 3.8) is 0 Å². The van der Waals surface area contributed by atoms with Crippen LogP contribution >= 0.6 is 11.3 Å². The molecule has 0 unspecified atom stereocenters. The molecule has 0 radical (unpaired) electrons. The minimum Gasteiger partial charge on any atom is -0.465 e. The summed E-state index contributed by atoms with van der Waals surface area (Å²) in [4.78, 5) is 30.3. The first-order valence-corrected chi connectivity index (χ1v) is 7.83. The van der Waals surface area contributed by atoms with E-state index in [1.807, 2.05) is 19.2 Å². The molecule has 2 aromatic rings. The first-order valence-electron chi connectivity index (χ1n) is 6.95. The van der Waals surface area contributed by atoms with E-state index < -0.39 is 5.97 Å². The van der Waals surface area contributed by atoms with E-state index in [0.29, 0.717) is 17.8 Å². The van der Waals surface area contributed by atoms with Gasteiger partial charge in [-0.3, -0.25) is 4.79 Å². The number of thiazole rings is 1. The van der Waals surface area contributed by atoms with E-state index in [-0.39, 0.29) is 12.3 Å². The number of benzene rings is 1. The summed E-state index contributed by atoms with van der Waals surface area (Å²) in [6.07, 6.45) is 0.216. The van der Waals surface area contributed by atoms with Crippen molar-refractivity contribution in [1.29, 1.82) is 0 Å². The molecule has 1 aromatic carbocycles. The minimum absolute atomic E-state index is 0.0934. The van der Waals surface area contributed by atoms with E-state index in [1.165, 1.54) is 18.4 Å². The van der Waals surface area contributed by atoms with E-state index in [0.717, 1.165) is 10.7 Å². The van der Waals surface area contributed by atoms with Gasteiger partial charge >= 0.3 is 5.97 Å². The molecular formula is C16H18N2O3S. The number of aryl methyl sites for hydroxylation is 1. The van der Waals surface area contributed by atoms with E-state index >= 15 is 0 Å².